The minimum absolute atomic E-state index is 0.311. The van der Waals surface area contributed by atoms with Crippen LogP contribution in [0, 0.1) is 0 Å². The molecule has 0 N–H and O–H groups in total. The van der Waals surface area contributed by atoms with Crippen molar-refractivity contribution < 1.29 is 9.53 Å². The van der Waals surface area contributed by atoms with Crippen LogP contribution in [0.1, 0.15) is 6.92 Å². The highest BCUT2D eigenvalue weighted by Gasteiger charge is 2.27. The van der Waals surface area contributed by atoms with Crippen molar-refractivity contribution in [2.24, 2.45) is 4.99 Å². The standard InChI is InChI=1S/C8H12Br2N2O2/c1-8(9,10)7(13)14-5-4-12-3-2-11-6-12/h6H,2-5H2,1H3. The van der Waals surface area contributed by atoms with Crippen molar-refractivity contribution >= 4 is 44.2 Å². The number of ether oxygens (including phenoxy) is 1. The number of hydrogen-bond acceptors (Lipinski definition) is 4. The number of alkyl halides is 2. The summed E-state index contributed by atoms with van der Waals surface area (Å²) >= 11 is 6.32. The molecular weight excluding hydrogens is 316 g/mol. The lowest BCUT2D eigenvalue weighted by Gasteiger charge is -2.16. The quantitative estimate of drug-likeness (QED) is 0.578. The molecule has 1 heterocycles. The summed E-state index contributed by atoms with van der Waals surface area (Å²) in [7, 11) is 0. The summed E-state index contributed by atoms with van der Waals surface area (Å²) in [6.07, 6.45) is 1.79. The Balaban J connectivity index is 2.15. The fourth-order valence-corrected chi connectivity index (χ4v) is 1.20. The Hall–Kier alpha value is -0.100. The molecule has 0 aliphatic carbocycles. The summed E-state index contributed by atoms with van der Waals surface area (Å²) in [6.45, 7) is 4.52. The predicted octanol–water partition coefficient (Wildman–Crippen LogP) is 1.38. The maximum Gasteiger partial charge on any atom is 0.333 e. The van der Waals surface area contributed by atoms with Crippen LogP contribution in [-0.2, 0) is 9.53 Å². The molecule has 1 rings (SSSR count). The molecule has 0 saturated heterocycles. The highest BCUT2D eigenvalue weighted by atomic mass is 79.9. The van der Waals surface area contributed by atoms with Crippen LogP contribution in [0.4, 0.5) is 0 Å². The average molecular weight is 328 g/mol. The van der Waals surface area contributed by atoms with Gasteiger partial charge in [0.25, 0.3) is 0 Å². The van der Waals surface area contributed by atoms with Gasteiger partial charge in [-0.25, -0.2) is 4.79 Å². The number of hydrogen-bond donors (Lipinski definition) is 0. The molecule has 0 aromatic rings. The van der Waals surface area contributed by atoms with Crippen LogP contribution >= 0.6 is 31.9 Å². The van der Waals surface area contributed by atoms with E-state index in [1.165, 1.54) is 0 Å². The van der Waals surface area contributed by atoms with Gasteiger partial charge in [0.1, 0.15) is 6.61 Å². The summed E-state index contributed by atoms with van der Waals surface area (Å²) in [4.78, 5) is 17.3. The predicted molar refractivity (Wildman–Crippen MR) is 62.2 cm³/mol. The molecule has 1 aliphatic heterocycles. The first-order valence-corrected chi connectivity index (χ1v) is 5.88. The topological polar surface area (TPSA) is 41.9 Å². The first-order chi connectivity index (χ1) is 6.50. The number of carbonyl (C=O) groups is 1. The SMILES string of the molecule is CC(Br)(Br)C(=O)OCCN1C=NCC1. The van der Waals surface area contributed by atoms with E-state index >= 15 is 0 Å². The molecule has 0 saturated carbocycles. The third-order valence-electron chi connectivity index (χ3n) is 1.73. The summed E-state index contributed by atoms with van der Waals surface area (Å²) in [5.41, 5.74) is 0. The zero-order chi connectivity index (χ0) is 10.6. The highest BCUT2D eigenvalue weighted by Crippen LogP contribution is 2.26. The van der Waals surface area contributed by atoms with Gasteiger partial charge in [0, 0.05) is 6.54 Å². The number of nitrogens with zero attached hydrogens (tertiary/aromatic N) is 2. The minimum Gasteiger partial charge on any atom is -0.462 e. The van der Waals surface area contributed by atoms with Crippen molar-refractivity contribution in [3.8, 4) is 0 Å². The molecule has 0 atom stereocenters. The molecule has 0 aromatic carbocycles. The zero-order valence-corrected chi connectivity index (χ0v) is 11.0. The molecule has 14 heavy (non-hydrogen) atoms. The number of halogens is 2. The number of aliphatic imine (C=N–C) groups is 1. The van der Waals surface area contributed by atoms with Gasteiger partial charge in [0.05, 0.1) is 19.4 Å². The molecule has 80 valence electrons. The van der Waals surface area contributed by atoms with Gasteiger partial charge in [-0.3, -0.25) is 4.99 Å². The highest BCUT2D eigenvalue weighted by molar-refractivity contribution is 9.25. The van der Waals surface area contributed by atoms with Crippen LogP contribution in [0.25, 0.3) is 0 Å². The second-order valence-electron chi connectivity index (χ2n) is 3.08. The van der Waals surface area contributed by atoms with Gasteiger partial charge in [-0.05, 0) is 6.92 Å². The van der Waals surface area contributed by atoms with Crippen LogP contribution in [0.5, 0.6) is 0 Å². The number of rotatable bonds is 4. The molecule has 0 bridgehead atoms. The lowest BCUT2D eigenvalue weighted by molar-refractivity contribution is -0.143. The molecule has 0 amide bonds. The molecule has 0 aromatic heterocycles. The summed E-state index contributed by atoms with van der Waals surface area (Å²) in [6, 6.07) is 0. The minimum atomic E-state index is -0.779. The van der Waals surface area contributed by atoms with Crippen molar-refractivity contribution in [1.82, 2.24) is 4.90 Å². The fraction of sp³-hybridized carbons (Fsp3) is 0.750. The van der Waals surface area contributed by atoms with Gasteiger partial charge in [-0.2, -0.15) is 0 Å². The first-order valence-electron chi connectivity index (χ1n) is 4.29. The van der Waals surface area contributed by atoms with E-state index in [4.69, 9.17) is 4.74 Å². The van der Waals surface area contributed by atoms with Crippen LogP contribution < -0.4 is 0 Å². The van der Waals surface area contributed by atoms with E-state index in [1.807, 2.05) is 4.90 Å². The van der Waals surface area contributed by atoms with Crippen LogP contribution in [-0.4, -0.2) is 46.7 Å². The Morgan fingerprint density at radius 2 is 2.43 bits per heavy atom. The van der Waals surface area contributed by atoms with Crippen molar-refractivity contribution in [3.63, 3.8) is 0 Å². The number of esters is 1. The maximum absolute atomic E-state index is 11.3. The zero-order valence-electron chi connectivity index (χ0n) is 7.87. The van der Waals surface area contributed by atoms with Crippen LogP contribution in [0.15, 0.2) is 4.99 Å². The van der Waals surface area contributed by atoms with Crippen molar-refractivity contribution in [1.29, 1.82) is 0 Å². The lowest BCUT2D eigenvalue weighted by Crippen LogP contribution is -2.29. The van der Waals surface area contributed by atoms with Crippen molar-refractivity contribution in [3.05, 3.63) is 0 Å². The van der Waals surface area contributed by atoms with Crippen molar-refractivity contribution in [2.75, 3.05) is 26.2 Å². The van der Waals surface area contributed by atoms with E-state index in [9.17, 15) is 4.79 Å². The summed E-state index contributed by atoms with van der Waals surface area (Å²) in [5.74, 6) is -0.311. The van der Waals surface area contributed by atoms with Gasteiger partial charge >= 0.3 is 5.97 Å². The summed E-state index contributed by atoms with van der Waals surface area (Å²) < 4.78 is 4.25. The molecule has 6 heteroatoms. The monoisotopic (exact) mass is 326 g/mol. The van der Waals surface area contributed by atoms with Crippen molar-refractivity contribution in [2.45, 2.75) is 10.2 Å². The fourth-order valence-electron chi connectivity index (χ4n) is 0.969. The molecule has 0 radical (unpaired) electrons. The van der Waals surface area contributed by atoms with E-state index < -0.39 is 3.23 Å². The number of carbonyl (C=O) groups excluding carboxylic acids is 1. The van der Waals surface area contributed by atoms with Crippen LogP contribution in [0.2, 0.25) is 0 Å². The van der Waals surface area contributed by atoms with Gasteiger partial charge in [-0.15, -0.1) is 0 Å². The second-order valence-corrected chi connectivity index (χ2v) is 7.32. The smallest absolute Gasteiger partial charge is 0.333 e. The van der Waals surface area contributed by atoms with Gasteiger partial charge in [0.15, 0.2) is 3.23 Å². The van der Waals surface area contributed by atoms with Gasteiger partial charge < -0.3 is 9.64 Å². The Morgan fingerprint density at radius 1 is 1.71 bits per heavy atom. The molecule has 0 fully saturated rings. The Morgan fingerprint density at radius 3 is 2.93 bits per heavy atom. The van der Waals surface area contributed by atoms with E-state index in [-0.39, 0.29) is 5.97 Å². The molecule has 1 aliphatic rings. The maximum atomic E-state index is 11.3. The molecule has 0 spiro atoms. The van der Waals surface area contributed by atoms with E-state index in [1.54, 1.807) is 13.3 Å². The lowest BCUT2D eigenvalue weighted by atomic mass is 10.5. The third-order valence-corrected chi connectivity index (χ3v) is 2.38. The Kier molecular flexibility index (Phi) is 4.37. The normalized spacial score (nSPS) is 16.1. The van der Waals surface area contributed by atoms with Gasteiger partial charge in [-0.1, -0.05) is 31.9 Å². The molecular formula is C8H12Br2N2O2. The Bertz CT molecular complexity index is 238. The first kappa shape index (κ1) is 12.0. The van der Waals surface area contributed by atoms with Gasteiger partial charge in [0.2, 0.25) is 0 Å². The van der Waals surface area contributed by atoms with E-state index in [2.05, 4.69) is 36.9 Å². The summed E-state index contributed by atoms with van der Waals surface area (Å²) in [5, 5.41) is 0. The van der Waals surface area contributed by atoms with E-state index in [0.717, 1.165) is 13.1 Å². The second kappa shape index (κ2) is 5.11. The molecule has 4 nitrogen and oxygen atoms in total. The van der Waals surface area contributed by atoms with Crippen LogP contribution in [0.3, 0.4) is 0 Å². The third kappa shape index (κ3) is 3.96. The largest absolute Gasteiger partial charge is 0.462 e. The molecule has 0 unspecified atom stereocenters. The van der Waals surface area contributed by atoms with E-state index in [0.29, 0.717) is 13.2 Å². The Labute approximate surface area is 100.0 Å². The average Bonchev–Trinajstić information content (AvgIpc) is 2.55.